The first kappa shape index (κ1) is 14.9. The average molecular weight is 232 g/mol. The number of nitrogens with one attached hydrogen (secondary N) is 1. The minimum atomic E-state index is -0.311. The highest BCUT2D eigenvalue weighted by atomic mass is 16.5. The van der Waals surface area contributed by atoms with Crippen LogP contribution in [0.25, 0.3) is 0 Å². The third kappa shape index (κ3) is 10.9. The van der Waals surface area contributed by atoms with E-state index in [0.29, 0.717) is 32.6 Å². The Morgan fingerprint density at radius 2 is 2.00 bits per heavy atom. The predicted molar refractivity (Wildman–Crippen MR) is 58.8 cm³/mol. The van der Waals surface area contributed by atoms with Gasteiger partial charge in [0.15, 0.2) is 0 Å². The van der Waals surface area contributed by atoms with Crippen molar-refractivity contribution < 1.29 is 19.1 Å². The molecule has 0 fully saturated rings. The summed E-state index contributed by atoms with van der Waals surface area (Å²) in [5, 5.41) is 2.68. The van der Waals surface area contributed by atoms with Crippen molar-refractivity contribution in [2.24, 2.45) is 5.73 Å². The van der Waals surface area contributed by atoms with Crippen LogP contribution < -0.4 is 11.1 Å². The van der Waals surface area contributed by atoms with Crippen molar-refractivity contribution in [3.05, 3.63) is 0 Å². The fourth-order valence-corrected chi connectivity index (χ4v) is 1.01. The summed E-state index contributed by atoms with van der Waals surface area (Å²) in [5.41, 5.74) is 4.97. The van der Waals surface area contributed by atoms with Gasteiger partial charge in [-0.25, -0.2) is 0 Å². The summed E-state index contributed by atoms with van der Waals surface area (Å²) in [6.45, 7) is 1.47. The highest BCUT2D eigenvalue weighted by Crippen LogP contribution is 1.92. The monoisotopic (exact) mass is 232 g/mol. The number of primary amides is 1. The molecule has 0 aromatic rings. The van der Waals surface area contributed by atoms with Gasteiger partial charge in [-0.05, 0) is 12.8 Å². The summed E-state index contributed by atoms with van der Waals surface area (Å²) < 4.78 is 9.78. The van der Waals surface area contributed by atoms with Gasteiger partial charge in [-0.2, -0.15) is 0 Å². The van der Waals surface area contributed by atoms with Crippen LogP contribution in [-0.4, -0.2) is 45.3 Å². The zero-order valence-corrected chi connectivity index (χ0v) is 9.66. The summed E-state index contributed by atoms with van der Waals surface area (Å²) in [6, 6.07) is 0. The average Bonchev–Trinajstić information content (AvgIpc) is 2.23. The fraction of sp³-hybridized carbons (Fsp3) is 0.800. The lowest BCUT2D eigenvalue weighted by Gasteiger charge is -2.05. The summed E-state index contributed by atoms with van der Waals surface area (Å²) in [7, 11) is 1.57. The molecule has 0 bridgehead atoms. The number of unbranched alkanes of at least 4 members (excludes halogenated alkanes) is 1. The summed E-state index contributed by atoms with van der Waals surface area (Å²) in [6.07, 6.45) is 1.80. The molecule has 0 saturated carbocycles. The van der Waals surface area contributed by atoms with E-state index in [1.807, 2.05) is 0 Å². The molecule has 2 amide bonds. The first-order valence-corrected chi connectivity index (χ1v) is 5.28. The fourth-order valence-electron chi connectivity index (χ4n) is 1.01. The Kier molecular flexibility index (Phi) is 9.64. The van der Waals surface area contributed by atoms with E-state index in [1.54, 1.807) is 7.11 Å². The van der Waals surface area contributed by atoms with Gasteiger partial charge in [0.25, 0.3) is 0 Å². The van der Waals surface area contributed by atoms with Crippen LogP contribution in [0.2, 0.25) is 0 Å². The van der Waals surface area contributed by atoms with Crippen molar-refractivity contribution in [1.82, 2.24) is 5.32 Å². The summed E-state index contributed by atoms with van der Waals surface area (Å²) in [5.74, 6) is -0.468. The molecule has 0 aliphatic heterocycles. The van der Waals surface area contributed by atoms with Crippen LogP contribution in [0.1, 0.15) is 19.3 Å². The highest BCUT2D eigenvalue weighted by molar-refractivity contribution is 5.77. The molecule has 0 saturated heterocycles. The second kappa shape index (κ2) is 10.4. The standard InChI is InChI=1S/C10H20N2O4/c1-15-6-7-16-8-10(14)12-5-3-2-4-9(11)13/h2-8H2,1H3,(H2,11,13)(H,12,14). The molecular formula is C10H20N2O4. The van der Waals surface area contributed by atoms with Crippen LogP contribution in [0.3, 0.4) is 0 Å². The van der Waals surface area contributed by atoms with Crippen LogP contribution in [0.4, 0.5) is 0 Å². The Balaban J connectivity index is 3.20. The van der Waals surface area contributed by atoms with Crippen LogP contribution >= 0.6 is 0 Å². The number of carbonyl (C=O) groups excluding carboxylic acids is 2. The Morgan fingerprint density at radius 1 is 1.25 bits per heavy atom. The zero-order valence-electron chi connectivity index (χ0n) is 9.66. The van der Waals surface area contributed by atoms with Crippen LogP contribution in [0.5, 0.6) is 0 Å². The van der Waals surface area contributed by atoms with Crippen molar-refractivity contribution in [3.8, 4) is 0 Å². The molecule has 6 heteroatoms. The van der Waals surface area contributed by atoms with Gasteiger partial charge in [-0.1, -0.05) is 0 Å². The minimum Gasteiger partial charge on any atom is -0.382 e. The molecule has 0 aromatic heterocycles. The lowest BCUT2D eigenvalue weighted by Crippen LogP contribution is -2.29. The smallest absolute Gasteiger partial charge is 0.245 e. The van der Waals surface area contributed by atoms with E-state index in [0.717, 1.165) is 6.42 Å². The Morgan fingerprint density at radius 3 is 2.62 bits per heavy atom. The molecule has 0 aliphatic carbocycles. The van der Waals surface area contributed by atoms with Crippen LogP contribution in [0.15, 0.2) is 0 Å². The van der Waals surface area contributed by atoms with E-state index in [-0.39, 0.29) is 18.4 Å². The number of carbonyl (C=O) groups is 2. The van der Waals surface area contributed by atoms with E-state index >= 15 is 0 Å². The first-order chi connectivity index (χ1) is 7.66. The summed E-state index contributed by atoms with van der Waals surface area (Å²) in [4.78, 5) is 21.5. The van der Waals surface area contributed by atoms with Crippen molar-refractivity contribution in [1.29, 1.82) is 0 Å². The first-order valence-electron chi connectivity index (χ1n) is 5.28. The number of ether oxygens (including phenoxy) is 2. The number of nitrogens with two attached hydrogens (primary N) is 1. The third-order valence-electron chi connectivity index (χ3n) is 1.84. The molecule has 0 atom stereocenters. The SMILES string of the molecule is COCCOCC(=O)NCCCCC(N)=O. The molecule has 0 radical (unpaired) electrons. The van der Waals surface area contributed by atoms with Gasteiger partial charge in [-0.3, -0.25) is 9.59 Å². The lowest BCUT2D eigenvalue weighted by molar-refractivity contribution is -0.126. The second-order valence-corrected chi connectivity index (χ2v) is 3.32. The number of methoxy groups -OCH3 is 1. The van der Waals surface area contributed by atoms with E-state index in [2.05, 4.69) is 5.32 Å². The van der Waals surface area contributed by atoms with Gasteiger partial charge in [0, 0.05) is 20.1 Å². The van der Waals surface area contributed by atoms with Crippen molar-refractivity contribution in [2.75, 3.05) is 33.5 Å². The predicted octanol–water partition coefficient (Wildman–Crippen LogP) is -0.579. The molecule has 16 heavy (non-hydrogen) atoms. The molecule has 94 valence electrons. The Bertz CT molecular complexity index is 209. The highest BCUT2D eigenvalue weighted by Gasteiger charge is 2.00. The second-order valence-electron chi connectivity index (χ2n) is 3.32. The molecular weight excluding hydrogens is 212 g/mol. The molecule has 0 rings (SSSR count). The Labute approximate surface area is 95.5 Å². The van der Waals surface area contributed by atoms with Gasteiger partial charge in [-0.15, -0.1) is 0 Å². The number of amides is 2. The maximum atomic E-state index is 11.1. The molecule has 0 aliphatic rings. The van der Waals surface area contributed by atoms with Crippen molar-refractivity contribution in [2.45, 2.75) is 19.3 Å². The van der Waals surface area contributed by atoms with Crippen molar-refractivity contribution in [3.63, 3.8) is 0 Å². The van der Waals surface area contributed by atoms with Gasteiger partial charge >= 0.3 is 0 Å². The van der Waals surface area contributed by atoms with E-state index in [9.17, 15) is 9.59 Å². The largest absolute Gasteiger partial charge is 0.382 e. The lowest BCUT2D eigenvalue weighted by atomic mass is 10.2. The maximum Gasteiger partial charge on any atom is 0.245 e. The molecule has 0 spiro atoms. The molecule has 0 unspecified atom stereocenters. The quantitative estimate of drug-likeness (QED) is 0.493. The molecule has 3 N–H and O–H groups in total. The van der Waals surface area contributed by atoms with Gasteiger partial charge in [0.1, 0.15) is 6.61 Å². The Hall–Kier alpha value is -1.14. The topological polar surface area (TPSA) is 90.7 Å². The normalized spacial score (nSPS) is 10.1. The molecule has 0 heterocycles. The van der Waals surface area contributed by atoms with E-state index < -0.39 is 0 Å². The van der Waals surface area contributed by atoms with E-state index in [4.69, 9.17) is 15.2 Å². The summed E-state index contributed by atoms with van der Waals surface area (Å²) >= 11 is 0. The maximum absolute atomic E-state index is 11.1. The number of rotatable bonds is 10. The minimum absolute atomic E-state index is 0.0409. The van der Waals surface area contributed by atoms with Gasteiger partial charge in [0.2, 0.25) is 11.8 Å². The van der Waals surface area contributed by atoms with Gasteiger partial charge in [0.05, 0.1) is 13.2 Å². The number of hydrogen-bond acceptors (Lipinski definition) is 4. The third-order valence-corrected chi connectivity index (χ3v) is 1.84. The van der Waals surface area contributed by atoms with Crippen molar-refractivity contribution >= 4 is 11.8 Å². The molecule has 0 aromatic carbocycles. The van der Waals surface area contributed by atoms with Gasteiger partial charge < -0.3 is 20.5 Å². The van der Waals surface area contributed by atoms with Crippen LogP contribution in [-0.2, 0) is 19.1 Å². The molecule has 6 nitrogen and oxygen atoms in total. The number of hydrogen-bond donors (Lipinski definition) is 2. The van der Waals surface area contributed by atoms with E-state index in [1.165, 1.54) is 0 Å². The van der Waals surface area contributed by atoms with Crippen LogP contribution in [0, 0.1) is 0 Å². The zero-order chi connectivity index (χ0) is 12.2.